The summed E-state index contributed by atoms with van der Waals surface area (Å²) in [7, 11) is 0. The molecule has 0 radical (unpaired) electrons. The maximum atomic E-state index is 13.6. The van der Waals surface area contributed by atoms with E-state index in [0.29, 0.717) is 19.4 Å². The van der Waals surface area contributed by atoms with E-state index in [2.05, 4.69) is 20.9 Å². The van der Waals surface area contributed by atoms with Gasteiger partial charge in [-0.25, -0.2) is 0 Å². The zero-order valence-corrected chi connectivity index (χ0v) is 21.0. The first-order valence-corrected chi connectivity index (χ1v) is 12.3. The first-order valence-electron chi connectivity index (χ1n) is 12.3. The number of H-pyrrole nitrogens is 1. The molecule has 0 aliphatic carbocycles. The fraction of sp³-hybridized carbons (Fsp3) is 0.480. The third kappa shape index (κ3) is 7.06. The Bertz CT molecular complexity index is 1160. The second-order valence-corrected chi connectivity index (χ2v) is 9.47. The molecule has 12 heteroatoms. The zero-order valence-electron chi connectivity index (χ0n) is 21.0. The molecule has 0 bridgehead atoms. The van der Waals surface area contributed by atoms with E-state index in [1.54, 1.807) is 20.0 Å². The zero-order chi connectivity index (χ0) is 27.1. The normalized spacial score (nSPS) is 16.9. The molecule has 1 fully saturated rings. The number of para-hydroxylation sites is 1. The minimum absolute atomic E-state index is 0.112. The summed E-state index contributed by atoms with van der Waals surface area (Å²) in [4.78, 5) is 66.5. The quantitative estimate of drug-likeness (QED) is 0.233. The Hall–Kier alpha value is -3.93. The molecule has 1 aromatic carbocycles. The van der Waals surface area contributed by atoms with Gasteiger partial charge in [0.1, 0.15) is 18.6 Å². The highest BCUT2D eigenvalue weighted by atomic mass is 16.4. The Morgan fingerprint density at radius 3 is 2.57 bits per heavy atom. The van der Waals surface area contributed by atoms with Crippen LogP contribution in [0.5, 0.6) is 0 Å². The van der Waals surface area contributed by atoms with E-state index in [4.69, 9.17) is 10.8 Å². The number of hydrogen-bond acceptors (Lipinski definition) is 6. The van der Waals surface area contributed by atoms with Crippen molar-refractivity contribution in [1.29, 1.82) is 0 Å². The van der Waals surface area contributed by atoms with Crippen LogP contribution in [0.15, 0.2) is 30.5 Å². The minimum atomic E-state index is -1.19. The van der Waals surface area contributed by atoms with E-state index in [1.807, 2.05) is 24.3 Å². The predicted octanol–water partition coefficient (Wildman–Crippen LogP) is -0.513. The molecule has 4 amide bonds. The van der Waals surface area contributed by atoms with Gasteiger partial charge in [0.05, 0.1) is 12.6 Å². The van der Waals surface area contributed by atoms with Crippen LogP contribution in [0.1, 0.15) is 32.3 Å². The van der Waals surface area contributed by atoms with Crippen molar-refractivity contribution in [1.82, 2.24) is 25.8 Å². The Morgan fingerprint density at radius 1 is 1.14 bits per heavy atom. The van der Waals surface area contributed by atoms with Gasteiger partial charge < -0.3 is 36.7 Å². The average molecular weight is 515 g/mol. The van der Waals surface area contributed by atoms with Crippen LogP contribution in [0.2, 0.25) is 0 Å². The number of carboxylic acids is 1. The summed E-state index contributed by atoms with van der Waals surface area (Å²) in [5, 5.41) is 17.3. The monoisotopic (exact) mass is 514 g/mol. The van der Waals surface area contributed by atoms with Crippen molar-refractivity contribution >= 4 is 40.5 Å². The van der Waals surface area contributed by atoms with E-state index in [9.17, 15) is 24.0 Å². The molecule has 0 unspecified atom stereocenters. The molecule has 37 heavy (non-hydrogen) atoms. The fourth-order valence-corrected chi connectivity index (χ4v) is 4.34. The van der Waals surface area contributed by atoms with Gasteiger partial charge in [-0.3, -0.25) is 24.0 Å². The number of carbonyl (C=O) groups is 5. The number of benzene rings is 1. The highest BCUT2D eigenvalue weighted by molar-refractivity contribution is 5.95. The molecular weight excluding hydrogens is 480 g/mol. The van der Waals surface area contributed by atoms with Crippen molar-refractivity contribution in [3.63, 3.8) is 0 Å². The molecule has 12 nitrogen and oxygen atoms in total. The van der Waals surface area contributed by atoms with Gasteiger partial charge in [0.15, 0.2) is 0 Å². The van der Waals surface area contributed by atoms with Gasteiger partial charge in [-0.15, -0.1) is 0 Å². The first-order chi connectivity index (χ1) is 17.6. The molecule has 1 aliphatic rings. The smallest absolute Gasteiger partial charge is 0.322 e. The largest absolute Gasteiger partial charge is 0.480 e. The van der Waals surface area contributed by atoms with E-state index in [0.717, 1.165) is 16.5 Å². The summed E-state index contributed by atoms with van der Waals surface area (Å²) >= 11 is 0. The van der Waals surface area contributed by atoms with Gasteiger partial charge in [-0.05, 0) is 30.4 Å². The number of rotatable bonds is 11. The number of aromatic nitrogens is 1. The van der Waals surface area contributed by atoms with Crippen LogP contribution in [0, 0.1) is 5.92 Å². The molecule has 7 N–H and O–H groups in total. The number of amides is 4. The lowest BCUT2D eigenvalue weighted by Gasteiger charge is -2.28. The van der Waals surface area contributed by atoms with Crippen molar-refractivity contribution in [2.45, 2.75) is 51.2 Å². The lowest BCUT2D eigenvalue weighted by molar-refractivity contribution is -0.142. The summed E-state index contributed by atoms with van der Waals surface area (Å²) in [5.41, 5.74) is 7.50. The Kier molecular flexibility index (Phi) is 9.23. The number of likely N-dealkylation sites (tertiary alicyclic amines) is 1. The second-order valence-electron chi connectivity index (χ2n) is 9.47. The molecule has 1 aromatic heterocycles. The molecule has 3 rings (SSSR count). The molecule has 0 spiro atoms. The van der Waals surface area contributed by atoms with E-state index in [1.165, 1.54) is 4.90 Å². The number of carboxylic acid groups (broad SMARTS) is 1. The van der Waals surface area contributed by atoms with Crippen molar-refractivity contribution in [2.75, 3.05) is 19.6 Å². The number of carbonyl (C=O) groups excluding carboxylic acids is 4. The lowest BCUT2D eigenvalue weighted by Crippen LogP contribution is -2.56. The third-order valence-electron chi connectivity index (χ3n) is 6.43. The molecule has 3 atom stereocenters. The molecule has 1 saturated heterocycles. The summed E-state index contributed by atoms with van der Waals surface area (Å²) in [6.07, 6.45) is 2.86. The van der Waals surface area contributed by atoms with Gasteiger partial charge in [-0.1, -0.05) is 32.0 Å². The first kappa shape index (κ1) is 27.7. The van der Waals surface area contributed by atoms with Crippen LogP contribution in [-0.4, -0.2) is 82.3 Å². The number of aromatic amines is 1. The van der Waals surface area contributed by atoms with Crippen LogP contribution >= 0.6 is 0 Å². The Labute approximate surface area is 214 Å². The fourth-order valence-electron chi connectivity index (χ4n) is 4.34. The Balaban J connectivity index is 1.77. The molecule has 200 valence electrons. The number of hydrogen-bond donors (Lipinski definition) is 6. The van der Waals surface area contributed by atoms with Crippen molar-refractivity contribution < 1.29 is 29.1 Å². The van der Waals surface area contributed by atoms with Gasteiger partial charge >= 0.3 is 5.97 Å². The van der Waals surface area contributed by atoms with Crippen LogP contribution < -0.4 is 21.7 Å². The topological polar surface area (TPSA) is 187 Å². The van der Waals surface area contributed by atoms with E-state index in [-0.39, 0.29) is 18.9 Å². The van der Waals surface area contributed by atoms with Crippen LogP contribution in [0.25, 0.3) is 10.9 Å². The van der Waals surface area contributed by atoms with E-state index < -0.39 is 54.3 Å². The number of fused-ring (bicyclic) bond motifs is 1. The molecule has 2 heterocycles. The summed E-state index contributed by atoms with van der Waals surface area (Å²) in [6.45, 7) is 2.97. The number of nitrogens with two attached hydrogens (primary N) is 1. The maximum absolute atomic E-state index is 13.6. The molecule has 0 saturated carbocycles. The highest BCUT2D eigenvalue weighted by Gasteiger charge is 2.38. The standard InChI is InChI=1S/C25H34N6O6/c1-14(2)22(26)24(36)28-12-20(32)30-18(10-15-11-27-17-7-4-3-6-16(15)17)25(37)31-9-5-8-19(31)23(35)29-13-21(33)34/h3-4,6-7,11,14,18-19,22,27H,5,8-10,12-13,26H2,1-2H3,(H,28,36)(H,29,35)(H,30,32)(H,33,34)/t18-,19-,22-/m0/s1. The molecule has 1 aliphatic heterocycles. The summed E-state index contributed by atoms with van der Waals surface area (Å²) in [5.74, 6) is -3.36. The van der Waals surface area contributed by atoms with Crippen LogP contribution in [0.3, 0.4) is 0 Å². The maximum Gasteiger partial charge on any atom is 0.322 e. The number of nitrogens with one attached hydrogen (secondary N) is 4. The third-order valence-corrected chi connectivity index (χ3v) is 6.43. The number of nitrogens with zero attached hydrogens (tertiary/aromatic N) is 1. The van der Waals surface area contributed by atoms with Crippen molar-refractivity contribution in [2.24, 2.45) is 11.7 Å². The van der Waals surface area contributed by atoms with Gasteiger partial charge in [0.2, 0.25) is 23.6 Å². The van der Waals surface area contributed by atoms with Gasteiger partial charge in [0, 0.05) is 30.1 Å². The van der Waals surface area contributed by atoms with Crippen molar-refractivity contribution in [3.05, 3.63) is 36.0 Å². The molecule has 2 aromatic rings. The Morgan fingerprint density at radius 2 is 1.86 bits per heavy atom. The van der Waals surface area contributed by atoms with Gasteiger partial charge in [-0.2, -0.15) is 0 Å². The summed E-state index contributed by atoms with van der Waals surface area (Å²) in [6, 6.07) is 4.91. The predicted molar refractivity (Wildman–Crippen MR) is 135 cm³/mol. The second kappa shape index (κ2) is 12.3. The lowest BCUT2D eigenvalue weighted by atomic mass is 10.0. The average Bonchev–Trinajstić information content (AvgIpc) is 3.52. The summed E-state index contributed by atoms with van der Waals surface area (Å²) < 4.78 is 0. The molecular formula is C25H34N6O6. The van der Waals surface area contributed by atoms with E-state index >= 15 is 0 Å². The highest BCUT2D eigenvalue weighted by Crippen LogP contribution is 2.22. The van der Waals surface area contributed by atoms with Gasteiger partial charge in [0.25, 0.3) is 0 Å². The van der Waals surface area contributed by atoms with Crippen LogP contribution in [-0.2, 0) is 30.4 Å². The SMILES string of the molecule is CC(C)[C@H](N)C(=O)NCC(=O)N[C@@H](Cc1c[nH]c2ccccc12)C(=O)N1CCC[C@H]1C(=O)NCC(=O)O. The number of aliphatic carboxylic acids is 1. The van der Waals surface area contributed by atoms with Crippen molar-refractivity contribution in [3.8, 4) is 0 Å². The van der Waals surface area contributed by atoms with Crippen LogP contribution in [0.4, 0.5) is 0 Å². The minimum Gasteiger partial charge on any atom is -0.480 e.